The molecule has 2 aromatic carbocycles. The molecule has 1 fully saturated rings. The van der Waals surface area contributed by atoms with E-state index in [-0.39, 0.29) is 29.6 Å². The molecule has 0 bridgehead atoms. The van der Waals surface area contributed by atoms with Crippen molar-refractivity contribution in [3.05, 3.63) is 76.9 Å². The number of nitrogens with one attached hydrogen (secondary N) is 1. The summed E-state index contributed by atoms with van der Waals surface area (Å²) >= 11 is 0. The molecule has 1 amide bonds. The highest BCUT2D eigenvalue weighted by Crippen LogP contribution is 2.21. The number of amides is 1. The molecule has 1 N–H and O–H groups in total. The molecular formula is C30H32N2O7. The smallest absolute Gasteiger partial charge is 0.351 e. The first-order valence-corrected chi connectivity index (χ1v) is 12.9. The molecule has 1 saturated heterocycles. The largest absolute Gasteiger partial charge is 0.457 e. The first-order valence-electron chi connectivity index (χ1n) is 12.9. The summed E-state index contributed by atoms with van der Waals surface area (Å²) in [7, 11) is 0. The van der Waals surface area contributed by atoms with E-state index in [2.05, 4.69) is 10.5 Å². The molecule has 39 heavy (non-hydrogen) atoms. The van der Waals surface area contributed by atoms with Crippen molar-refractivity contribution in [3.63, 3.8) is 0 Å². The number of benzene rings is 2. The first-order chi connectivity index (χ1) is 18.6. The molecule has 0 aliphatic carbocycles. The van der Waals surface area contributed by atoms with Gasteiger partial charge in [0.2, 0.25) is 23.6 Å². The molecule has 2 aromatic rings. The molecule has 2 unspecified atom stereocenters. The fraction of sp³-hybridized carbons (Fsp3) is 0.367. The van der Waals surface area contributed by atoms with E-state index in [0.717, 1.165) is 25.0 Å². The minimum Gasteiger partial charge on any atom is -0.457 e. The lowest BCUT2D eigenvalue weighted by Gasteiger charge is -2.20. The van der Waals surface area contributed by atoms with Gasteiger partial charge >= 0.3 is 5.97 Å². The second-order valence-electron chi connectivity index (χ2n) is 10.4. The fourth-order valence-corrected chi connectivity index (χ4v) is 4.11. The van der Waals surface area contributed by atoms with E-state index >= 15 is 0 Å². The van der Waals surface area contributed by atoms with Crippen LogP contribution in [0.4, 0.5) is 0 Å². The Bertz CT molecular complexity index is 1280. The maximum Gasteiger partial charge on any atom is 0.351 e. The maximum absolute atomic E-state index is 12.8. The summed E-state index contributed by atoms with van der Waals surface area (Å²) in [6.45, 7) is 6.55. The van der Waals surface area contributed by atoms with Crippen molar-refractivity contribution >= 4 is 35.2 Å². The molecule has 2 aliphatic heterocycles. The highest BCUT2D eigenvalue weighted by molar-refractivity contribution is 6.49. The maximum atomic E-state index is 12.8. The van der Waals surface area contributed by atoms with Crippen LogP contribution < -0.4 is 5.32 Å². The Labute approximate surface area is 227 Å². The topological polar surface area (TPSA) is 120 Å². The van der Waals surface area contributed by atoms with Crippen LogP contribution in [0.5, 0.6) is 0 Å². The molecule has 2 aliphatic rings. The number of hydrogen-bond donors (Lipinski definition) is 1. The zero-order valence-corrected chi connectivity index (χ0v) is 22.3. The highest BCUT2D eigenvalue weighted by Gasteiger charge is 2.33. The predicted octanol–water partition coefficient (Wildman–Crippen LogP) is 3.90. The summed E-state index contributed by atoms with van der Waals surface area (Å²) in [5.41, 5.74) is 1.81. The molecule has 0 spiro atoms. The molecule has 0 saturated carbocycles. The van der Waals surface area contributed by atoms with Gasteiger partial charge in [-0.1, -0.05) is 53.7 Å². The van der Waals surface area contributed by atoms with E-state index in [1.807, 2.05) is 0 Å². The zero-order valence-electron chi connectivity index (χ0n) is 22.3. The third-order valence-corrected chi connectivity index (χ3v) is 6.15. The molecule has 9 nitrogen and oxygen atoms in total. The van der Waals surface area contributed by atoms with Crippen LogP contribution in [0.15, 0.2) is 59.8 Å². The van der Waals surface area contributed by atoms with Crippen LogP contribution >= 0.6 is 0 Å². The summed E-state index contributed by atoms with van der Waals surface area (Å²) in [5.74, 6) is -1.99. The molecule has 2 atom stereocenters. The second-order valence-corrected chi connectivity index (χ2v) is 10.4. The Kier molecular flexibility index (Phi) is 8.71. The van der Waals surface area contributed by atoms with Crippen molar-refractivity contribution in [3.8, 4) is 0 Å². The molecular weight excluding hydrogens is 500 g/mol. The van der Waals surface area contributed by atoms with Gasteiger partial charge in [-0.3, -0.25) is 14.4 Å². The fourth-order valence-electron chi connectivity index (χ4n) is 4.11. The number of Topliss-reactive ketones (excluding diaryl/α,β-unsaturated/α-hetero) is 2. The third kappa shape index (κ3) is 7.70. The van der Waals surface area contributed by atoms with E-state index in [1.165, 1.54) is 6.08 Å². The summed E-state index contributed by atoms with van der Waals surface area (Å²) in [4.78, 5) is 55.0. The van der Waals surface area contributed by atoms with Crippen LogP contribution in [0, 0.1) is 0 Å². The number of ketones is 2. The Hall–Kier alpha value is -4.11. The van der Waals surface area contributed by atoms with E-state index < -0.39 is 29.2 Å². The summed E-state index contributed by atoms with van der Waals surface area (Å²) in [6.07, 6.45) is 4.53. The number of carbonyl (C=O) groups excluding carboxylic acids is 4. The van der Waals surface area contributed by atoms with Gasteiger partial charge in [0, 0.05) is 36.8 Å². The molecule has 4 rings (SSSR count). The number of ether oxygens (including phenoxy) is 2. The number of esters is 1. The van der Waals surface area contributed by atoms with Gasteiger partial charge in [0.1, 0.15) is 5.60 Å². The van der Waals surface area contributed by atoms with Crippen molar-refractivity contribution in [2.75, 3.05) is 13.2 Å². The van der Waals surface area contributed by atoms with Crippen molar-refractivity contribution in [2.45, 2.75) is 57.8 Å². The average molecular weight is 533 g/mol. The van der Waals surface area contributed by atoms with Crippen LogP contribution in [0.1, 0.15) is 71.9 Å². The normalized spacial score (nSPS) is 18.9. The van der Waals surface area contributed by atoms with Crippen molar-refractivity contribution in [1.82, 2.24) is 5.32 Å². The summed E-state index contributed by atoms with van der Waals surface area (Å²) < 4.78 is 10.8. The minimum atomic E-state index is -0.819. The molecule has 0 aromatic heterocycles. The predicted molar refractivity (Wildman–Crippen MR) is 144 cm³/mol. The lowest BCUT2D eigenvalue weighted by molar-refractivity contribution is -0.166. The van der Waals surface area contributed by atoms with Crippen molar-refractivity contribution < 1.29 is 33.5 Å². The van der Waals surface area contributed by atoms with E-state index in [1.54, 1.807) is 75.4 Å². The Morgan fingerprint density at radius 2 is 1.64 bits per heavy atom. The third-order valence-electron chi connectivity index (χ3n) is 6.15. The van der Waals surface area contributed by atoms with Gasteiger partial charge in [0.05, 0.1) is 11.8 Å². The van der Waals surface area contributed by atoms with Gasteiger partial charge < -0.3 is 19.6 Å². The number of oxime groups is 1. The number of rotatable bonds is 9. The second kappa shape index (κ2) is 12.2. The van der Waals surface area contributed by atoms with E-state index in [4.69, 9.17) is 14.3 Å². The van der Waals surface area contributed by atoms with Gasteiger partial charge in [-0.05, 0) is 50.8 Å². The monoisotopic (exact) mass is 532 g/mol. The number of carbonyl (C=O) groups is 4. The van der Waals surface area contributed by atoms with Crippen LogP contribution in [-0.2, 0) is 23.9 Å². The van der Waals surface area contributed by atoms with Crippen molar-refractivity contribution in [2.24, 2.45) is 5.16 Å². The summed E-state index contributed by atoms with van der Waals surface area (Å²) in [5, 5.41) is 6.80. The van der Waals surface area contributed by atoms with Gasteiger partial charge in [-0.15, -0.1) is 0 Å². The molecule has 9 heteroatoms. The van der Waals surface area contributed by atoms with Crippen LogP contribution in [-0.4, -0.2) is 60.1 Å². The molecule has 0 radical (unpaired) electrons. The first kappa shape index (κ1) is 27.9. The van der Waals surface area contributed by atoms with E-state index in [9.17, 15) is 19.2 Å². The Balaban J connectivity index is 1.30. The van der Waals surface area contributed by atoms with Crippen LogP contribution in [0.25, 0.3) is 6.08 Å². The lowest BCUT2D eigenvalue weighted by Crippen LogP contribution is -2.32. The molecule has 2 heterocycles. The SMILES string of the molecule is CC(C)(C)OC(=O)C1CC(c2ccc(C(=O)C(=O)c3ccc(/C=C/C(=O)NCC4CCCO4)cc3)cc2)=NO1. The van der Waals surface area contributed by atoms with Gasteiger partial charge in [-0.2, -0.15) is 0 Å². The van der Waals surface area contributed by atoms with Crippen LogP contribution in [0.2, 0.25) is 0 Å². The average Bonchev–Trinajstić information content (AvgIpc) is 3.62. The van der Waals surface area contributed by atoms with Crippen molar-refractivity contribution in [1.29, 1.82) is 0 Å². The Morgan fingerprint density at radius 3 is 2.23 bits per heavy atom. The molecule has 204 valence electrons. The van der Waals surface area contributed by atoms with Gasteiger partial charge in [0.15, 0.2) is 0 Å². The minimum absolute atomic E-state index is 0.0726. The Morgan fingerprint density at radius 1 is 1.00 bits per heavy atom. The van der Waals surface area contributed by atoms with Crippen LogP contribution in [0.3, 0.4) is 0 Å². The standard InChI is InChI=1S/C30H32N2O7/c1-30(2,3)38-29(36)25-17-24(32-39-25)20-11-13-22(14-12-20)28(35)27(34)21-9-6-19(7-10-21)8-15-26(33)31-18-23-5-4-16-37-23/h6-15,23,25H,4-5,16-18H2,1-3H3,(H,31,33)/b15-8+. The number of nitrogens with zero attached hydrogens (tertiary/aromatic N) is 1. The number of hydrogen-bond acceptors (Lipinski definition) is 8. The summed E-state index contributed by atoms with van der Waals surface area (Å²) in [6, 6.07) is 12.9. The quantitative estimate of drug-likeness (QED) is 0.225. The van der Waals surface area contributed by atoms with Gasteiger partial charge in [-0.25, -0.2) is 4.79 Å². The van der Waals surface area contributed by atoms with E-state index in [0.29, 0.717) is 17.8 Å². The zero-order chi connectivity index (χ0) is 28.0. The highest BCUT2D eigenvalue weighted by atomic mass is 16.7. The lowest BCUT2D eigenvalue weighted by atomic mass is 9.98. The van der Waals surface area contributed by atoms with Gasteiger partial charge in [0.25, 0.3) is 0 Å².